The average molecular weight is 776 g/mol. The molecule has 0 aliphatic rings. The van der Waals surface area contributed by atoms with Crippen molar-refractivity contribution < 1.29 is 33.3 Å². The zero-order valence-corrected chi connectivity index (χ0v) is 34.4. The molecule has 0 aliphatic heterocycles. The van der Waals surface area contributed by atoms with Gasteiger partial charge in [0.05, 0.1) is 33.5 Å². The minimum Gasteiger partial charge on any atom is -0.497 e. The number of alkyl carbamates (subject to hydrolysis) is 1. The van der Waals surface area contributed by atoms with Crippen LogP contribution in [0, 0.1) is 0 Å². The molecule has 296 valence electrons. The molecular formula is C47H57NO7Si. The maximum Gasteiger partial charge on any atom is 0.407 e. The quantitative estimate of drug-likeness (QED) is 0.0468. The normalized spacial score (nSPS) is 12.5. The molecule has 0 bridgehead atoms. The van der Waals surface area contributed by atoms with E-state index in [1.54, 1.807) is 14.2 Å². The number of aliphatic hydroxyl groups is 1. The van der Waals surface area contributed by atoms with Crippen LogP contribution < -0.4 is 25.2 Å². The Hall–Kier alpha value is -4.93. The summed E-state index contributed by atoms with van der Waals surface area (Å²) < 4.78 is 30.1. The van der Waals surface area contributed by atoms with E-state index in [1.807, 2.05) is 78.9 Å². The lowest BCUT2D eigenvalue weighted by molar-refractivity contribution is -0.0370. The summed E-state index contributed by atoms with van der Waals surface area (Å²) in [4.78, 5) is 12.6. The minimum absolute atomic E-state index is 0.0332. The van der Waals surface area contributed by atoms with Gasteiger partial charge in [0.1, 0.15) is 17.1 Å². The van der Waals surface area contributed by atoms with Gasteiger partial charge in [0.15, 0.2) is 0 Å². The van der Waals surface area contributed by atoms with Crippen molar-refractivity contribution in [2.45, 2.75) is 63.2 Å². The molecule has 1 amide bonds. The predicted octanol–water partition coefficient (Wildman–Crippen LogP) is 8.24. The Labute approximate surface area is 333 Å². The van der Waals surface area contributed by atoms with Crippen molar-refractivity contribution in [1.82, 2.24) is 5.32 Å². The van der Waals surface area contributed by atoms with Gasteiger partial charge in [-0.1, -0.05) is 142 Å². The van der Waals surface area contributed by atoms with Gasteiger partial charge < -0.3 is 33.8 Å². The van der Waals surface area contributed by atoms with Crippen molar-refractivity contribution >= 4 is 24.8 Å². The number of unbranched alkanes of at least 4 members (excludes halogenated alkanes) is 3. The molecule has 2 N–H and O–H groups in total. The lowest BCUT2D eigenvalue weighted by Gasteiger charge is -2.43. The Morgan fingerprint density at radius 3 is 1.54 bits per heavy atom. The zero-order valence-electron chi connectivity index (χ0n) is 33.4. The van der Waals surface area contributed by atoms with Crippen LogP contribution in [0.2, 0.25) is 5.04 Å². The van der Waals surface area contributed by atoms with Crippen molar-refractivity contribution in [1.29, 1.82) is 0 Å². The fourth-order valence-corrected chi connectivity index (χ4v) is 11.9. The van der Waals surface area contributed by atoms with Crippen molar-refractivity contribution in [3.63, 3.8) is 0 Å². The summed E-state index contributed by atoms with van der Waals surface area (Å²) in [5.41, 5.74) is 1.50. The SMILES string of the molecule is COc1ccc(C(OC[C@H](O)CNC(=O)OCCCCCCO[Si](c2ccccc2)(c2ccccc2)C(C)(C)C)(c2ccccc2)c2ccc(OC)cc2)cc1. The molecule has 0 saturated carbocycles. The first-order valence-electron chi connectivity index (χ1n) is 19.5. The molecule has 5 aromatic rings. The maximum atomic E-state index is 12.6. The van der Waals surface area contributed by atoms with Gasteiger partial charge in [0, 0.05) is 13.2 Å². The van der Waals surface area contributed by atoms with E-state index in [0.29, 0.717) is 24.7 Å². The van der Waals surface area contributed by atoms with Crippen LogP contribution in [0.4, 0.5) is 4.79 Å². The minimum atomic E-state index is -2.55. The molecule has 8 nitrogen and oxygen atoms in total. The molecule has 0 aromatic heterocycles. The molecule has 0 saturated heterocycles. The molecule has 1 atom stereocenters. The van der Waals surface area contributed by atoms with Crippen LogP contribution in [0.1, 0.15) is 63.1 Å². The second kappa shape index (κ2) is 20.3. The van der Waals surface area contributed by atoms with E-state index in [2.05, 4.69) is 86.8 Å². The first kappa shape index (κ1) is 42.2. The Morgan fingerprint density at radius 2 is 1.07 bits per heavy atom. The van der Waals surface area contributed by atoms with Crippen LogP contribution in [-0.4, -0.2) is 66.2 Å². The van der Waals surface area contributed by atoms with E-state index in [9.17, 15) is 9.90 Å². The van der Waals surface area contributed by atoms with Gasteiger partial charge in [-0.25, -0.2) is 4.79 Å². The largest absolute Gasteiger partial charge is 0.497 e. The molecule has 0 spiro atoms. The first-order chi connectivity index (χ1) is 27.1. The molecule has 0 radical (unpaired) electrons. The van der Waals surface area contributed by atoms with E-state index in [4.69, 9.17) is 23.4 Å². The number of aliphatic hydroxyl groups excluding tert-OH is 1. The highest BCUT2D eigenvalue weighted by molar-refractivity contribution is 6.99. The molecular weight excluding hydrogens is 719 g/mol. The van der Waals surface area contributed by atoms with Gasteiger partial charge in [-0.05, 0) is 75.6 Å². The average Bonchev–Trinajstić information content (AvgIpc) is 3.23. The fourth-order valence-electron chi connectivity index (χ4n) is 7.32. The van der Waals surface area contributed by atoms with E-state index in [1.165, 1.54) is 10.4 Å². The molecule has 0 aliphatic carbocycles. The van der Waals surface area contributed by atoms with E-state index in [-0.39, 0.29) is 18.2 Å². The summed E-state index contributed by atoms with van der Waals surface area (Å²) in [6.07, 6.45) is 1.95. The fraction of sp³-hybridized carbons (Fsp3) is 0.340. The van der Waals surface area contributed by atoms with Crippen LogP contribution in [0.3, 0.4) is 0 Å². The number of methoxy groups -OCH3 is 2. The van der Waals surface area contributed by atoms with Gasteiger partial charge in [-0.3, -0.25) is 0 Å². The molecule has 0 fully saturated rings. The summed E-state index contributed by atoms with van der Waals surface area (Å²) in [6.45, 7) is 7.72. The van der Waals surface area contributed by atoms with Gasteiger partial charge >= 0.3 is 6.09 Å². The number of carbonyl (C=O) groups is 1. The molecule has 0 unspecified atom stereocenters. The molecule has 9 heteroatoms. The Balaban J connectivity index is 1.11. The van der Waals surface area contributed by atoms with E-state index in [0.717, 1.165) is 42.4 Å². The van der Waals surface area contributed by atoms with Crippen LogP contribution in [0.15, 0.2) is 140 Å². The summed E-state index contributed by atoms with van der Waals surface area (Å²) in [6, 6.07) is 46.6. The Bertz CT molecular complexity index is 1800. The van der Waals surface area contributed by atoms with Gasteiger partial charge in [0.25, 0.3) is 8.32 Å². The standard InChI is InChI=1S/C47H57NO7Si/c1-46(2,3)56(43-21-13-9-14-22-43,44-23-15-10-16-24-44)55-34-18-7-6-17-33-53-45(50)48-35-40(49)36-54-47(37-19-11-8-12-20-37,38-25-29-41(51-4)30-26-38)39-27-31-42(52-5)32-28-39/h8-16,19-32,40,49H,6-7,17-18,33-36H2,1-5H3,(H,48,50)/t40-/m1/s1. The molecule has 5 rings (SSSR count). The third-order valence-electron chi connectivity index (χ3n) is 10.2. The summed E-state index contributed by atoms with van der Waals surface area (Å²) in [5, 5.41) is 16.3. The summed E-state index contributed by atoms with van der Waals surface area (Å²) in [7, 11) is 0.704. The zero-order chi connectivity index (χ0) is 39.9. The highest BCUT2D eigenvalue weighted by Crippen LogP contribution is 2.42. The highest BCUT2D eigenvalue weighted by Gasteiger charge is 2.50. The van der Waals surface area contributed by atoms with Crippen LogP contribution >= 0.6 is 0 Å². The van der Waals surface area contributed by atoms with E-state index < -0.39 is 26.1 Å². The lowest BCUT2D eigenvalue weighted by Crippen LogP contribution is -2.66. The first-order valence-corrected chi connectivity index (χ1v) is 21.4. The molecule has 0 heterocycles. The second-order valence-corrected chi connectivity index (χ2v) is 19.2. The second-order valence-electron chi connectivity index (χ2n) is 14.9. The molecule has 56 heavy (non-hydrogen) atoms. The summed E-state index contributed by atoms with van der Waals surface area (Å²) in [5.74, 6) is 1.43. The van der Waals surface area contributed by atoms with Gasteiger partial charge in [-0.15, -0.1) is 0 Å². The maximum absolute atomic E-state index is 12.6. The smallest absolute Gasteiger partial charge is 0.407 e. The van der Waals surface area contributed by atoms with Crippen molar-refractivity contribution in [3.8, 4) is 11.5 Å². The number of nitrogens with one attached hydrogen (secondary N) is 1. The van der Waals surface area contributed by atoms with E-state index >= 15 is 0 Å². The number of amides is 1. The van der Waals surface area contributed by atoms with Crippen molar-refractivity contribution in [2.24, 2.45) is 0 Å². The number of carbonyl (C=O) groups excluding carboxylic acids is 1. The number of hydrogen-bond acceptors (Lipinski definition) is 7. The monoisotopic (exact) mass is 775 g/mol. The summed E-state index contributed by atoms with van der Waals surface area (Å²) >= 11 is 0. The van der Waals surface area contributed by atoms with Gasteiger partial charge in [-0.2, -0.15) is 0 Å². The topological polar surface area (TPSA) is 95.5 Å². The predicted molar refractivity (Wildman–Crippen MR) is 226 cm³/mol. The van der Waals surface area contributed by atoms with Crippen molar-refractivity contribution in [3.05, 3.63) is 156 Å². The third-order valence-corrected chi connectivity index (χ3v) is 15.2. The highest BCUT2D eigenvalue weighted by atomic mass is 28.4. The Kier molecular flexibility index (Phi) is 15.3. The van der Waals surface area contributed by atoms with Gasteiger partial charge in [0.2, 0.25) is 0 Å². The lowest BCUT2D eigenvalue weighted by atomic mass is 9.80. The number of benzene rings is 5. The van der Waals surface area contributed by atoms with Crippen LogP contribution in [0.25, 0.3) is 0 Å². The number of hydrogen-bond donors (Lipinski definition) is 2. The Morgan fingerprint density at radius 1 is 0.625 bits per heavy atom. The number of rotatable bonds is 20. The third kappa shape index (κ3) is 10.3. The number of ether oxygens (including phenoxy) is 4. The van der Waals surface area contributed by atoms with Crippen molar-refractivity contribution in [2.75, 3.05) is 40.6 Å². The van der Waals surface area contributed by atoms with Crippen LogP contribution in [0.5, 0.6) is 11.5 Å². The van der Waals surface area contributed by atoms with Crippen LogP contribution in [-0.2, 0) is 19.5 Å². The molecule has 5 aromatic carbocycles.